The Bertz CT molecular complexity index is 789. The summed E-state index contributed by atoms with van der Waals surface area (Å²) >= 11 is 0. The van der Waals surface area contributed by atoms with E-state index >= 15 is 0 Å². The van der Waals surface area contributed by atoms with Crippen LogP contribution in [0.2, 0.25) is 0 Å². The number of rotatable bonds is 2. The van der Waals surface area contributed by atoms with E-state index in [0.717, 1.165) is 17.3 Å². The van der Waals surface area contributed by atoms with Crippen LogP contribution in [0, 0.1) is 0 Å². The van der Waals surface area contributed by atoms with Crippen LogP contribution in [-0.4, -0.2) is 52.9 Å². The number of carbonyl (C=O) groups is 2. The van der Waals surface area contributed by atoms with Crippen LogP contribution in [0.1, 0.15) is 10.4 Å². The molecule has 1 saturated heterocycles. The van der Waals surface area contributed by atoms with E-state index in [-0.39, 0.29) is 11.5 Å². The molecule has 2 heterocycles. The lowest BCUT2D eigenvalue weighted by Gasteiger charge is -2.32. The van der Waals surface area contributed by atoms with Crippen LogP contribution in [0.4, 0.5) is 0 Å². The van der Waals surface area contributed by atoms with Gasteiger partial charge in [0.1, 0.15) is 0 Å². The molecule has 0 unspecified atom stereocenters. The van der Waals surface area contributed by atoms with E-state index in [9.17, 15) is 14.4 Å². The first-order valence-corrected chi connectivity index (χ1v) is 7.19. The molecule has 0 bridgehead atoms. The maximum absolute atomic E-state index is 12.7. The van der Waals surface area contributed by atoms with E-state index in [2.05, 4.69) is 0 Å². The van der Waals surface area contributed by atoms with E-state index in [1.807, 2.05) is 24.3 Å². The van der Waals surface area contributed by atoms with E-state index < -0.39 is 0 Å². The quantitative estimate of drug-likeness (QED) is 0.757. The third kappa shape index (κ3) is 2.36. The summed E-state index contributed by atoms with van der Waals surface area (Å²) in [6.07, 6.45) is 0.801. The first-order valence-electron chi connectivity index (χ1n) is 7.19. The van der Waals surface area contributed by atoms with Gasteiger partial charge in [0, 0.05) is 44.7 Å². The fourth-order valence-electron chi connectivity index (χ4n) is 2.79. The van der Waals surface area contributed by atoms with Crippen molar-refractivity contribution >= 4 is 23.2 Å². The highest BCUT2D eigenvalue weighted by atomic mass is 16.2. The highest BCUT2D eigenvalue weighted by Crippen LogP contribution is 2.18. The van der Waals surface area contributed by atoms with Crippen molar-refractivity contribution in [2.24, 2.45) is 7.05 Å². The van der Waals surface area contributed by atoms with Crippen molar-refractivity contribution in [1.82, 2.24) is 14.4 Å². The van der Waals surface area contributed by atoms with E-state index in [1.165, 1.54) is 10.6 Å². The van der Waals surface area contributed by atoms with Crippen LogP contribution < -0.4 is 5.56 Å². The van der Waals surface area contributed by atoms with Gasteiger partial charge in [-0.05, 0) is 6.07 Å². The molecule has 1 aliphatic heterocycles. The molecule has 1 fully saturated rings. The molecule has 0 atom stereocenters. The highest BCUT2D eigenvalue weighted by molar-refractivity contribution is 6.06. The number of para-hydroxylation sites is 1. The van der Waals surface area contributed by atoms with Gasteiger partial charge in [0.2, 0.25) is 6.41 Å². The fourth-order valence-corrected chi connectivity index (χ4v) is 2.79. The number of carbonyl (C=O) groups excluding carboxylic acids is 2. The Labute approximate surface area is 127 Å². The monoisotopic (exact) mass is 299 g/mol. The van der Waals surface area contributed by atoms with Crippen LogP contribution in [0.3, 0.4) is 0 Å². The van der Waals surface area contributed by atoms with E-state index in [1.54, 1.807) is 16.8 Å². The number of hydrogen-bond donors (Lipinski definition) is 0. The number of nitrogens with zero attached hydrogens (tertiary/aromatic N) is 3. The first kappa shape index (κ1) is 14.3. The molecule has 0 radical (unpaired) electrons. The normalized spacial score (nSPS) is 15.1. The minimum absolute atomic E-state index is 0.153. The van der Waals surface area contributed by atoms with Crippen molar-refractivity contribution in [3.63, 3.8) is 0 Å². The van der Waals surface area contributed by atoms with Gasteiger partial charge in [-0.3, -0.25) is 14.4 Å². The molecule has 1 aliphatic rings. The zero-order chi connectivity index (χ0) is 15.7. The summed E-state index contributed by atoms with van der Waals surface area (Å²) < 4.78 is 1.54. The molecule has 0 saturated carbocycles. The van der Waals surface area contributed by atoms with E-state index in [0.29, 0.717) is 31.7 Å². The Balaban J connectivity index is 2.00. The van der Waals surface area contributed by atoms with Gasteiger partial charge in [0.05, 0.1) is 11.1 Å². The molecular formula is C16H17N3O3. The molecule has 1 aromatic heterocycles. The summed E-state index contributed by atoms with van der Waals surface area (Å²) in [7, 11) is 1.70. The number of benzene rings is 1. The van der Waals surface area contributed by atoms with Crippen molar-refractivity contribution in [2.45, 2.75) is 0 Å². The third-order valence-electron chi connectivity index (χ3n) is 4.13. The Kier molecular flexibility index (Phi) is 3.66. The zero-order valence-corrected chi connectivity index (χ0v) is 12.4. The van der Waals surface area contributed by atoms with Crippen molar-refractivity contribution in [3.05, 3.63) is 46.2 Å². The van der Waals surface area contributed by atoms with Gasteiger partial charge in [-0.2, -0.15) is 0 Å². The minimum Gasteiger partial charge on any atom is -0.342 e. The first-order chi connectivity index (χ1) is 10.6. The van der Waals surface area contributed by atoms with E-state index in [4.69, 9.17) is 0 Å². The van der Waals surface area contributed by atoms with Crippen LogP contribution >= 0.6 is 0 Å². The van der Waals surface area contributed by atoms with Gasteiger partial charge in [-0.15, -0.1) is 0 Å². The lowest BCUT2D eigenvalue weighted by atomic mass is 10.1. The highest BCUT2D eigenvalue weighted by Gasteiger charge is 2.23. The zero-order valence-electron chi connectivity index (χ0n) is 12.4. The molecule has 0 N–H and O–H groups in total. The topological polar surface area (TPSA) is 62.6 Å². The number of piperazine rings is 1. The average Bonchev–Trinajstić information content (AvgIpc) is 2.57. The molecule has 2 aromatic rings. The van der Waals surface area contributed by atoms with Gasteiger partial charge >= 0.3 is 0 Å². The van der Waals surface area contributed by atoms with Crippen LogP contribution in [0.25, 0.3) is 10.9 Å². The third-order valence-corrected chi connectivity index (χ3v) is 4.13. The second-order valence-electron chi connectivity index (χ2n) is 5.41. The number of aromatic nitrogens is 1. The minimum atomic E-state index is -0.200. The number of fused-ring (bicyclic) bond motifs is 1. The number of hydrogen-bond acceptors (Lipinski definition) is 3. The fraction of sp³-hybridized carbons (Fsp3) is 0.312. The maximum Gasteiger partial charge on any atom is 0.254 e. The van der Waals surface area contributed by atoms with Gasteiger partial charge < -0.3 is 14.4 Å². The van der Waals surface area contributed by atoms with Crippen molar-refractivity contribution in [2.75, 3.05) is 26.2 Å². The smallest absolute Gasteiger partial charge is 0.254 e. The Hall–Kier alpha value is -2.63. The number of pyridine rings is 1. The number of aryl methyl sites for hydroxylation is 1. The SMILES string of the molecule is Cn1c(=O)cc(C(=O)N2CCN(C=O)CC2)c2ccccc21. The molecule has 2 amide bonds. The molecule has 1 aromatic carbocycles. The van der Waals surface area contributed by atoms with Gasteiger partial charge in [0.15, 0.2) is 0 Å². The predicted molar refractivity (Wildman–Crippen MR) is 82.7 cm³/mol. The summed E-state index contributed by atoms with van der Waals surface area (Å²) in [6.45, 7) is 2.03. The molecule has 114 valence electrons. The summed E-state index contributed by atoms with van der Waals surface area (Å²) in [5.41, 5.74) is 0.969. The molecule has 6 heteroatoms. The van der Waals surface area contributed by atoms with Gasteiger partial charge in [-0.1, -0.05) is 18.2 Å². The molecular weight excluding hydrogens is 282 g/mol. The lowest BCUT2D eigenvalue weighted by Crippen LogP contribution is -2.48. The molecule has 0 aliphatic carbocycles. The van der Waals surface area contributed by atoms with Gasteiger partial charge in [-0.25, -0.2) is 0 Å². The Morgan fingerprint density at radius 2 is 1.82 bits per heavy atom. The molecule has 6 nitrogen and oxygen atoms in total. The Morgan fingerprint density at radius 1 is 1.14 bits per heavy atom. The maximum atomic E-state index is 12.7. The van der Waals surface area contributed by atoms with Crippen LogP contribution in [-0.2, 0) is 11.8 Å². The van der Waals surface area contributed by atoms with Crippen molar-refractivity contribution in [3.8, 4) is 0 Å². The van der Waals surface area contributed by atoms with Crippen molar-refractivity contribution < 1.29 is 9.59 Å². The summed E-state index contributed by atoms with van der Waals surface area (Å²) in [4.78, 5) is 38.9. The summed E-state index contributed by atoms with van der Waals surface area (Å²) in [5, 5.41) is 0.771. The second kappa shape index (κ2) is 5.63. The standard InChI is InChI=1S/C16H17N3O3/c1-17-14-5-3-2-4-12(14)13(10-15(17)21)16(22)19-8-6-18(11-20)7-9-19/h2-5,10-11H,6-9H2,1H3. The summed E-state index contributed by atoms with van der Waals surface area (Å²) in [6, 6.07) is 8.78. The van der Waals surface area contributed by atoms with Gasteiger partial charge in [0.25, 0.3) is 11.5 Å². The lowest BCUT2D eigenvalue weighted by molar-refractivity contribution is -0.119. The Morgan fingerprint density at radius 3 is 2.50 bits per heavy atom. The largest absolute Gasteiger partial charge is 0.342 e. The summed E-state index contributed by atoms with van der Waals surface area (Å²) in [5.74, 6) is -0.153. The van der Waals surface area contributed by atoms with Crippen LogP contribution in [0.15, 0.2) is 35.1 Å². The second-order valence-corrected chi connectivity index (χ2v) is 5.41. The average molecular weight is 299 g/mol. The molecule has 3 rings (SSSR count). The van der Waals surface area contributed by atoms with Crippen molar-refractivity contribution in [1.29, 1.82) is 0 Å². The number of amides is 2. The molecule has 0 spiro atoms. The molecule has 22 heavy (non-hydrogen) atoms. The van der Waals surface area contributed by atoms with Crippen LogP contribution in [0.5, 0.6) is 0 Å². The predicted octanol–water partition coefficient (Wildman–Crippen LogP) is 0.453.